The molecule has 26 heavy (non-hydrogen) atoms. The van der Waals surface area contributed by atoms with Gasteiger partial charge in [-0.25, -0.2) is 4.79 Å². The molecule has 6 heteroatoms. The second kappa shape index (κ2) is 7.98. The molecule has 6 nitrogen and oxygen atoms in total. The van der Waals surface area contributed by atoms with Gasteiger partial charge in [0.15, 0.2) is 18.1 Å². The molecule has 0 spiro atoms. The van der Waals surface area contributed by atoms with Crippen LogP contribution in [0.2, 0.25) is 0 Å². The minimum Gasteiger partial charge on any atom is -0.493 e. The van der Waals surface area contributed by atoms with Crippen molar-refractivity contribution in [3.63, 3.8) is 0 Å². The number of hydrogen-bond acceptors (Lipinski definition) is 5. The third kappa shape index (κ3) is 3.94. The zero-order valence-electron chi connectivity index (χ0n) is 15.6. The van der Waals surface area contributed by atoms with E-state index in [0.717, 1.165) is 11.8 Å². The van der Waals surface area contributed by atoms with E-state index in [9.17, 15) is 9.59 Å². The Bertz CT molecular complexity index is 674. The van der Waals surface area contributed by atoms with Crippen molar-refractivity contribution < 1.29 is 23.8 Å². The minimum atomic E-state index is -0.478. The molecule has 2 aliphatic carbocycles. The van der Waals surface area contributed by atoms with E-state index in [2.05, 4.69) is 17.0 Å². The zero-order chi connectivity index (χ0) is 18.7. The van der Waals surface area contributed by atoms with Gasteiger partial charge in [-0.15, -0.1) is 0 Å². The Labute approximate surface area is 154 Å². The molecule has 1 aromatic rings. The fourth-order valence-electron chi connectivity index (χ4n) is 4.43. The van der Waals surface area contributed by atoms with Crippen LogP contribution in [0.5, 0.6) is 11.5 Å². The van der Waals surface area contributed by atoms with Gasteiger partial charge >= 0.3 is 5.97 Å². The maximum Gasteiger partial charge on any atom is 0.343 e. The highest BCUT2D eigenvalue weighted by Gasteiger charge is 2.42. The van der Waals surface area contributed by atoms with Gasteiger partial charge in [-0.3, -0.25) is 4.79 Å². The zero-order valence-corrected chi connectivity index (χ0v) is 15.6. The number of carbonyl (C=O) groups is 2. The topological polar surface area (TPSA) is 73.9 Å². The molecule has 2 fully saturated rings. The monoisotopic (exact) mass is 361 g/mol. The summed E-state index contributed by atoms with van der Waals surface area (Å²) in [5, 5.41) is 3.14. The van der Waals surface area contributed by atoms with Crippen LogP contribution in [0.4, 0.5) is 0 Å². The van der Waals surface area contributed by atoms with Gasteiger partial charge in [0.1, 0.15) is 0 Å². The van der Waals surface area contributed by atoms with E-state index in [4.69, 9.17) is 9.47 Å². The molecule has 0 heterocycles. The van der Waals surface area contributed by atoms with Crippen molar-refractivity contribution in [1.82, 2.24) is 5.32 Å². The van der Waals surface area contributed by atoms with Crippen LogP contribution in [-0.2, 0) is 9.53 Å². The van der Waals surface area contributed by atoms with E-state index in [1.807, 2.05) is 0 Å². The first-order valence-electron chi connectivity index (χ1n) is 9.20. The summed E-state index contributed by atoms with van der Waals surface area (Å²) in [4.78, 5) is 23.8. The molecule has 142 valence electrons. The number of hydrogen-bond donors (Lipinski definition) is 1. The first-order chi connectivity index (χ1) is 12.5. The Hall–Kier alpha value is -2.24. The van der Waals surface area contributed by atoms with Gasteiger partial charge in [-0.1, -0.05) is 6.42 Å². The van der Waals surface area contributed by atoms with Crippen LogP contribution in [0.3, 0.4) is 0 Å². The molecule has 0 radical (unpaired) electrons. The number of carbonyl (C=O) groups excluding carboxylic acids is 2. The molecular weight excluding hydrogens is 334 g/mol. The molecule has 2 saturated carbocycles. The van der Waals surface area contributed by atoms with Crippen molar-refractivity contribution in [2.75, 3.05) is 20.8 Å². The van der Waals surface area contributed by atoms with Crippen molar-refractivity contribution in [2.24, 2.45) is 17.8 Å². The Morgan fingerprint density at radius 2 is 2.00 bits per heavy atom. The van der Waals surface area contributed by atoms with Crippen molar-refractivity contribution in [2.45, 2.75) is 38.6 Å². The van der Waals surface area contributed by atoms with Crippen LogP contribution in [0.25, 0.3) is 0 Å². The van der Waals surface area contributed by atoms with Gasteiger partial charge in [0.2, 0.25) is 0 Å². The van der Waals surface area contributed by atoms with E-state index < -0.39 is 5.97 Å². The highest BCUT2D eigenvalue weighted by atomic mass is 16.6. The Morgan fingerprint density at radius 3 is 2.62 bits per heavy atom. The summed E-state index contributed by atoms with van der Waals surface area (Å²) in [5.41, 5.74) is 0.516. The fraction of sp³-hybridized carbons (Fsp3) is 0.600. The predicted molar refractivity (Wildman–Crippen MR) is 96.4 cm³/mol. The van der Waals surface area contributed by atoms with E-state index in [1.165, 1.54) is 39.9 Å². The fourth-order valence-corrected chi connectivity index (χ4v) is 4.43. The van der Waals surface area contributed by atoms with Crippen LogP contribution in [0, 0.1) is 17.8 Å². The number of ether oxygens (including phenoxy) is 3. The third-order valence-electron chi connectivity index (χ3n) is 5.79. The van der Waals surface area contributed by atoms with Crippen molar-refractivity contribution >= 4 is 11.9 Å². The molecule has 4 atom stereocenters. The first kappa shape index (κ1) is 18.5. The number of methoxy groups -OCH3 is 2. The second-order valence-corrected chi connectivity index (χ2v) is 7.33. The summed E-state index contributed by atoms with van der Waals surface area (Å²) in [7, 11) is 2.80. The Kier molecular flexibility index (Phi) is 5.69. The van der Waals surface area contributed by atoms with E-state index in [1.54, 1.807) is 18.2 Å². The predicted octanol–water partition coefficient (Wildman–Crippen LogP) is 2.80. The maximum atomic E-state index is 12.6. The molecule has 0 aromatic heterocycles. The van der Waals surface area contributed by atoms with Gasteiger partial charge in [-0.2, -0.15) is 0 Å². The van der Waals surface area contributed by atoms with Crippen LogP contribution >= 0.6 is 0 Å². The molecule has 3 rings (SSSR count). The van der Waals surface area contributed by atoms with Crippen LogP contribution in [-0.4, -0.2) is 38.7 Å². The lowest BCUT2D eigenvalue weighted by molar-refractivity contribution is -0.142. The normalized spacial score (nSPS) is 24.8. The number of amides is 1. The molecule has 0 aliphatic heterocycles. The number of nitrogens with one attached hydrogen (secondary N) is 1. The highest BCUT2D eigenvalue weighted by molar-refractivity contribution is 5.95. The number of rotatable bonds is 7. The summed E-state index contributed by atoms with van der Waals surface area (Å²) in [6, 6.07) is 5.12. The third-order valence-corrected chi connectivity index (χ3v) is 5.79. The molecular formula is C20H27NO5. The summed E-state index contributed by atoms with van der Waals surface area (Å²) in [6.07, 6.45) is 5.21. The largest absolute Gasteiger partial charge is 0.493 e. The summed E-state index contributed by atoms with van der Waals surface area (Å²) >= 11 is 0. The Balaban J connectivity index is 1.62. The summed E-state index contributed by atoms with van der Waals surface area (Å²) in [5.74, 6) is 2.42. The SMILES string of the molecule is COC(=O)COc1ccc(C(=O)N[C@H](C)[C@H]2C[C@H]3CC[C@H]2C3)cc1OC. The van der Waals surface area contributed by atoms with E-state index in [0.29, 0.717) is 23.0 Å². The number of fused-ring (bicyclic) bond motifs is 2. The quantitative estimate of drug-likeness (QED) is 0.756. The van der Waals surface area contributed by atoms with Crippen molar-refractivity contribution in [3.8, 4) is 11.5 Å². The maximum absolute atomic E-state index is 12.6. The van der Waals surface area contributed by atoms with Gasteiger partial charge < -0.3 is 19.5 Å². The van der Waals surface area contributed by atoms with Crippen LogP contribution < -0.4 is 14.8 Å². The van der Waals surface area contributed by atoms with Crippen LogP contribution in [0.1, 0.15) is 43.0 Å². The average molecular weight is 361 g/mol. The molecule has 0 unspecified atom stereocenters. The minimum absolute atomic E-state index is 0.113. The van der Waals surface area contributed by atoms with Crippen molar-refractivity contribution in [3.05, 3.63) is 23.8 Å². The van der Waals surface area contributed by atoms with Crippen molar-refractivity contribution in [1.29, 1.82) is 0 Å². The Morgan fingerprint density at radius 1 is 1.19 bits per heavy atom. The average Bonchev–Trinajstić information content (AvgIpc) is 3.29. The smallest absolute Gasteiger partial charge is 0.343 e. The second-order valence-electron chi connectivity index (χ2n) is 7.33. The van der Waals surface area contributed by atoms with Gasteiger partial charge in [-0.05, 0) is 62.1 Å². The first-order valence-corrected chi connectivity index (χ1v) is 9.20. The number of esters is 1. The standard InChI is InChI=1S/C20H27NO5/c1-12(16-9-13-4-5-14(16)8-13)21-20(23)15-6-7-17(18(10-15)24-2)26-11-19(22)25-3/h6-7,10,12-14,16H,4-5,8-9,11H2,1-3H3,(H,21,23)/t12-,13+,14+,16-/m1/s1. The molecule has 2 aliphatic rings. The van der Waals surface area contributed by atoms with Gasteiger partial charge in [0.25, 0.3) is 5.91 Å². The van der Waals surface area contributed by atoms with E-state index >= 15 is 0 Å². The summed E-state index contributed by atoms with van der Waals surface area (Å²) in [6.45, 7) is 1.90. The lowest BCUT2D eigenvalue weighted by atomic mass is 9.84. The molecule has 1 N–H and O–H groups in total. The van der Waals surface area contributed by atoms with Gasteiger partial charge in [0, 0.05) is 11.6 Å². The lowest BCUT2D eigenvalue weighted by Gasteiger charge is -2.28. The molecule has 2 bridgehead atoms. The molecule has 0 saturated heterocycles. The molecule has 1 amide bonds. The summed E-state index contributed by atoms with van der Waals surface area (Å²) < 4.78 is 15.2. The van der Waals surface area contributed by atoms with E-state index in [-0.39, 0.29) is 18.6 Å². The number of benzene rings is 1. The van der Waals surface area contributed by atoms with Gasteiger partial charge in [0.05, 0.1) is 14.2 Å². The lowest BCUT2D eigenvalue weighted by Crippen LogP contribution is -2.40. The highest BCUT2D eigenvalue weighted by Crippen LogP contribution is 2.49. The van der Waals surface area contributed by atoms with Crippen LogP contribution in [0.15, 0.2) is 18.2 Å². The molecule has 1 aromatic carbocycles.